The van der Waals surface area contributed by atoms with Gasteiger partial charge in [-0.05, 0) is 30.9 Å². The summed E-state index contributed by atoms with van der Waals surface area (Å²) in [4.78, 5) is 11.1. The number of fused-ring (bicyclic) bond motifs is 1. The summed E-state index contributed by atoms with van der Waals surface area (Å²) in [6.07, 6.45) is 3.47. The lowest BCUT2D eigenvalue weighted by Crippen LogP contribution is -2.23. The van der Waals surface area contributed by atoms with Gasteiger partial charge in [-0.2, -0.15) is 0 Å². The molecule has 2 N–H and O–H groups in total. The molecule has 0 amide bonds. The molecule has 1 atom stereocenters. The van der Waals surface area contributed by atoms with Crippen LogP contribution in [0.15, 0.2) is 30.6 Å². The average molecular weight is 341 g/mol. The van der Waals surface area contributed by atoms with Crippen LogP contribution in [0.5, 0.6) is 0 Å². The van der Waals surface area contributed by atoms with E-state index in [2.05, 4.69) is 60.3 Å². The fraction of sp³-hybridized carbons (Fsp3) is 0.368. The number of anilines is 1. The summed E-state index contributed by atoms with van der Waals surface area (Å²) < 4.78 is 0. The quantitative estimate of drug-likeness (QED) is 0.697. The van der Waals surface area contributed by atoms with E-state index in [0.29, 0.717) is 0 Å². The fourth-order valence-corrected chi connectivity index (χ4v) is 3.89. The van der Waals surface area contributed by atoms with E-state index in [9.17, 15) is 5.11 Å². The largest absolute Gasteiger partial charge is 0.394 e. The molecule has 0 aliphatic rings. The molecule has 5 heteroatoms. The third-order valence-corrected chi connectivity index (χ3v) is 5.38. The highest BCUT2D eigenvalue weighted by Gasteiger charge is 2.18. The van der Waals surface area contributed by atoms with E-state index in [1.807, 2.05) is 0 Å². The van der Waals surface area contributed by atoms with Crippen LogP contribution in [0.4, 0.5) is 5.82 Å². The zero-order chi connectivity index (χ0) is 17.1. The minimum atomic E-state index is -0.00127. The Balaban J connectivity index is 2.14. The Morgan fingerprint density at radius 3 is 2.54 bits per heavy atom. The molecule has 3 rings (SSSR count). The first-order chi connectivity index (χ1) is 11.7. The molecule has 0 aliphatic heterocycles. The average Bonchev–Trinajstić information content (AvgIpc) is 2.96. The zero-order valence-electron chi connectivity index (χ0n) is 14.3. The number of nitrogens with zero attached hydrogens (tertiary/aromatic N) is 2. The molecule has 3 aromatic rings. The van der Waals surface area contributed by atoms with Gasteiger partial charge in [-0.3, -0.25) is 0 Å². The number of hydrogen-bond donors (Lipinski definition) is 2. The van der Waals surface area contributed by atoms with E-state index >= 15 is 0 Å². The summed E-state index contributed by atoms with van der Waals surface area (Å²) in [5.74, 6) is 0.805. The lowest BCUT2D eigenvalue weighted by atomic mass is 10.0. The Labute approximate surface area is 146 Å². The fourth-order valence-electron chi connectivity index (χ4n) is 2.88. The van der Waals surface area contributed by atoms with Crippen molar-refractivity contribution in [3.05, 3.63) is 41.0 Å². The van der Waals surface area contributed by atoms with Crippen molar-refractivity contribution >= 4 is 27.4 Å². The van der Waals surface area contributed by atoms with Gasteiger partial charge in [0.05, 0.1) is 18.0 Å². The lowest BCUT2D eigenvalue weighted by Gasteiger charge is -2.16. The topological polar surface area (TPSA) is 58.0 Å². The van der Waals surface area contributed by atoms with Crippen LogP contribution >= 0.6 is 11.3 Å². The third-order valence-electron chi connectivity index (χ3n) is 4.37. The Morgan fingerprint density at radius 1 is 1.17 bits per heavy atom. The van der Waals surface area contributed by atoms with Crippen LogP contribution < -0.4 is 5.32 Å². The maximum atomic E-state index is 9.51. The number of rotatable bonds is 6. The number of aryl methyl sites for hydroxylation is 2. The second kappa shape index (κ2) is 7.28. The van der Waals surface area contributed by atoms with Crippen molar-refractivity contribution in [1.29, 1.82) is 0 Å². The van der Waals surface area contributed by atoms with Gasteiger partial charge in [0.2, 0.25) is 0 Å². The van der Waals surface area contributed by atoms with E-state index in [1.54, 1.807) is 17.7 Å². The molecule has 1 unspecified atom stereocenters. The molecule has 24 heavy (non-hydrogen) atoms. The normalized spacial score (nSPS) is 12.5. The standard InChI is InChI=1S/C19H23N3OS/c1-4-13-6-8-14(9-7-13)16-12(3)24-19-17(16)18(20-11-21-19)22-15(5-2)10-23/h6-9,11,15,23H,4-5,10H2,1-3H3,(H,20,21,22). The molecule has 126 valence electrons. The van der Waals surface area contributed by atoms with Crippen molar-refractivity contribution < 1.29 is 5.11 Å². The minimum absolute atomic E-state index is 0.00127. The summed E-state index contributed by atoms with van der Waals surface area (Å²) in [6.45, 7) is 6.43. The summed E-state index contributed by atoms with van der Waals surface area (Å²) in [6, 6.07) is 8.70. The van der Waals surface area contributed by atoms with E-state index in [4.69, 9.17) is 0 Å². The molecule has 2 heterocycles. The van der Waals surface area contributed by atoms with Crippen LogP contribution in [0.1, 0.15) is 30.7 Å². The van der Waals surface area contributed by atoms with Crippen LogP contribution in [0.3, 0.4) is 0 Å². The van der Waals surface area contributed by atoms with Gasteiger partial charge in [-0.1, -0.05) is 38.1 Å². The molecular formula is C19H23N3OS. The van der Waals surface area contributed by atoms with Crippen molar-refractivity contribution in [2.75, 3.05) is 11.9 Å². The van der Waals surface area contributed by atoms with Gasteiger partial charge in [-0.15, -0.1) is 11.3 Å². The van der Waals surface area contributed by atoms with Gasteiger partial charge in [0.15, 0.2) is 0 Å². The predicted molar refractivity (Wildman–Crippen MR) is 102 cm³/mol. The summed E-state index contributed by atoms with van der Waals surface area (Å²) >= 11 is 1.69. The third kappa shape index (κ3) is 3.14. The van der Waals surface area contributed by atoms with Gasteiger partial charge in [0.1, 0.15) is 17.0 Å². The van der Waals surface area contributed by atoms with E-state index in [0.717, 1.165) is 28.9 Å². The Bertz CT molecular complexity index is 822. The number of benzene rings is 1. The highest BCUT2D eigenvalue weighted by Crippen LogP contribution is 2.40. The second-order valence-electron chi connectivity index (χ2n) is 5.92. The van der Waals surface area contributed by atoms with Crippen molar-refractivity contribution in [3.63, 3.8) is 0 Å². The Kier molecular flexibility index (Phi) is 5.11. The first-order valence-electron chi connectivity index (χ1n) is 8.38. The number of nitrogens with one attached hydrogen (secondary N) is 1. The highest BCUT2D eigenvalue weighted by atomic mass is 32.1. The van der Waals surface area contributed by atoms with E-state index in [-0.39, 0.29) is 12.6 Å². The first-order valence-corrected chi connectivity index (χ1v) is 9.20. The molecule has 0 saturated carbocycles. The number of aromatic nitrogens is 2. The monoisotopic (exact) mass is 341 g/mol. The van der Waals surface area contributed by atoms with Crippen LogP contribution in [-0.4, -0.2) is 27.7 Å². The minimum Gasteiger partial charge on any atom is -0.394 e. The van der Waals surface area contributed by atoms with Crippen LogP contribution in [-0.2, 0) is 6.42 Å². The summed E-state index contributed by atoms with van der Waals surface area (Å²) in [5.41, 5.74) is 3.70. The number of aliphatic hydroxyl groups excluding tert-OH is 1. The maximum absolute atomic E-state index is 9.51. The van der Waals surface area contributed by atoms with Crippen molar-refractivity contribution in [1.82, 2.24) is 9.97 Å². The van der Waals surface area contributed by atoms with Crippen LogP contribution in [0.2, 0.25) is 0 Å². The molecule has 1 aromatic carbocycles. The maximum Gasteiger partial charge on any atom is 0.139 e. The molecule has 0 aliphatic carbocycles. The molecular weight excluding hydrogens is 318 g/mol. The first kappa shape index (κ1) is 16.9. The van der Waals surface area contributed by atoms with Crippen LogP contribution in [0, 0.1) is 6.92 Å². The molecule has 4 nitrogen and oxygen atoms in total. The summed E-state index contributed by atoms with van der Waals surface area (Å²) in [7, 11) is 0. The van der Waals surface area contributed by atoms with E-state index < -0.39 is 0 Å². The van der Waals surface area contributed by atoms with Gasteiger partial charge in [0, 0.05) is 10.4 Å². The van der Waals surface area contributed by atoms with Crippen molar-refractivity contribution in [3.8, 4) is 11.1 Å². The number of aliphatic hydroxyl groups is 1. The van der Waals surface area contributed by atoms with Crippen molar-refractivity contribution in [2.45, 2.75) is 39.7 Å². The second-order valence-corrected chi connectivity index (χ2v) is 7.12. The molecule has 0 fully saturated rings. The molecule has 2 aromatic heterocycles. The smallest absolute Gasteiger partial charge is 0.139 e. The molecule has 0 radical (unpaired) electrons. The van der Waals surface area contributed by atoms with Gasteiger partial charge in [-0.25, -0.2) is 9.97 Å². The molecule has 0 bridgehead atoms. The molecule has 0 saturated heterocycles. The number of thiophene rings is 1. The van der Waals surface area contributed by atoms with Gasteiger partial charge in [0.25, 0.3) is 0 Å². The predicted octanol–water partition coefficient (Wildman–Crippen LogP) is 4.41. The molecule has 0 spiro atoms. The Morgan fingerprint density at radius 2 is 1.92 bits per heavy atom. The van der Waals surface area contributed by atoms with Gasteiger partial charge >= 0.3 is 0 Å². The zero-order valence-corrected chi connectivity index (χ0v) is 15.2. The Hall–Kier alpha value is -1.98. The van der Waals surface area contributed by atoms with Crippen molar-refractivity contribution in [2.24, 2.45) is 0 Å². The SMILES string of the molecule is CCc1ccc(-c2c(C)sc3ncnc(NC(CC)CO)c23)cc1. The summed E-state index contributed by atoms with van der Waals surface area (Å²) in [5, 5.41) is 13.9. The van der Waals surface area contributed by atoms with Gasteiger partial charge < -0.3 is 10.4 Å². The number of hydrogen-bond acceptors (Lipinski definition) is 5. The van der Waals surface area contributed by atoms with Crippen LogP contribution in [0.25, 0.3) is 21.3 Å². The lowest BCUT2D eigenvalue weighted by molar-refractivity contribution is 0.271. The highest BCUT2D eigenvalue weighted by molar-refractivity contribution is 7.19. The van der Waals surface area contributed by atoms with E-state index in [1.165, 1.54) is 21.6 Å².